The van der Waals surface area contributed by atoms with Gasteiger partial charge in [-0.15, -0.1) is 0 Å². The average molecular weight is 641 g/mol. The minimum absolute atomic E-state index is 0.118. The van der Waals surface area contributed by atoms with Crippen LogP contribution in [0.4, 0.5) is 35.5 Å². The average Bonchev–Trinajstić information content (AvgIpc) is 3.55. The Morgan fingerprint density at radius 2 is 1.80 bits per heavy atom. The van der Waals surface area contributed by atoms with Gasteiger partial charge in [-0.25, -0.2) is 36.5 Å². The third kappa shape index (κ3) is 10.6. The van der Waals surface area contributed by atoms with Crippen LogP contribution in [-0.2, 0) is 24.2 Å². The van der Waals surface area contributed by atoms with Crippen LogP contribution in [-0.4, -0.2) is 87.1 Å². The molecule has 44 heavy (non-hydrogen) atoms. The molecule has 0 spiro atoms. The molecule has 5 rings (SSSR count). The molecule has 0 bridgehead atoms. The number of amides is 3. The second-order valence-corrected chi connectivity index (χ2v) is 10.1. The molecule has 1 saturated heterocycles. The van der Waals surface area contributed by atoms with Crippen molar-refractivity contribution in [3.05, 3.63) is 41.1 Å². The quantitative estimate of drug-likeness (QED) is 0.383. The fourth-order valence-corrected chi connectivity index (χ4v) is 4.22. The third-order valence-corrected chi connectivity index (χ3v) is 6.16. The van der Waals surface area contributed by atoms with Gasteiger partial charge in [-0.2, -0.15) is 18.3 Å². The minimum Gasteiger partial charge on any atom is -0.388 e. The molecule has 0 aromatic carbocycles. The van der Waals surface area contributed by atoms with E-state index in [-0.39, 0.29) is 25.9 Å². The van der Waals surface area contributed by atoms with Crippen molar-refractivity contribution in [2.24, 2.45) is 0 Å². The molecule has 3 aromatic rings. The van der Waals surface area contributed by atoms with E-state index in [2.05, 4.69) is 40.4 Å². The van der Waals surface area contributed by atoms with Gasteiger partial charge in [-0.05, 0) is 29.6 Å². The first-order chi connectivity index (χ1) is 20.6. The van der Waals surface area contributed by atoms with Crippen molar-refractivity contribution in [3.8, 4) is 0 Å². The van der Waals surface area contributed by atoms with E-state index in [1.165, 1.54) is 23.0 Å². The molecule has 19 heteroatoms. The molecule has 244 valence electrons. The Balaban J connectivity index is 0.000000408. The molecule has 0 atom stereocenters. The van der Waals surface area contributed by atoms with E-state index in [1.54, 1.807) is 14.2 Å². The highest BCUT2D eigenvalue weighted by Crippen LogP contribution is 2.32. The van der Waals surface area contributed by atoms with Crippen molar-refractivity contribution in [1.29, 1.82) is 0 Å². The van der Waals surface area contributed by atoms with Crippen molar-refractivity contribution in [3.63, 3.8) is 0 Å². The minimum atomic E-state index is -4.59. The summed E-state index contributed by atoms with van der Waals surface area (Å²) in [6.07, 6.45) is -0.569. The maximum absolute atomic E-state index is 13.6. The number of nitrogens with zero attached hydrogens (tertiary/aromatic N) is 6. The number of aromatic nitrogens is 5. The van der Waals surface area contributed by atoms with E-state index >= 15 is 0 Å². The number of hydrogen-bond acceptors (Lipinski definition) is 8. The van der Waals surface area contributed by atoms with Crippen molar-refractivity contribution in [1.82, 2.24) is 40.4 Å². The van der Waals surface area contributed by atoms with Gasteiger partial charge in [-0.3, -0.25) is 4.79 Å². The van der Waals surface area contributed by atoms with Gasteiger partial charge in [0.1, 0.15) is 5.69 Å². The number of fused-ring (bicyclic) bond motifs is 1. The SMILES string of the molecule is COC.FC1(F)CCCCC1.O=C(NCc1cn2ncc(CN3CC(F)(F)CNC3=O)cc2n1)c1nonc1CC(F)(F)F. The van der Waals surface area contributed by atoms with E-state index in [0.29, 0.717) is 29.7 Å². The van der Waals surface area contributed by atoms with Crippen LogP contribution in [0.25, 0.3) is 5.65 Å². The van der Waals surface area contributed by atoms with Crippen molar-refractivity contribution in [2.75, 3.05) is 27.3 Å². The summed E-state index contributed by atoms with van der Waals surface area (Å²) in [6, 6.07) is 0.904. The predicted octanol–water partition coefficient (Wildman–Crippen LogP) is 4.16. The normalized spacial score (nSPS) is 17.6. The van der Waals surface area contributed by atoms with Crippen molar-refractivity contribution in [2.45, 2.75) is 69.6 Å². The lowest BCUT2D eigenvalue weighted by atomic mass is 9.97. The summed E-state index contributed by atoms with van der Waals surface area (Å²) >= 11 is 0. The first-order valence-corrected chi connectivity index (χ1v) is 13.3. The van der Waals surface area contributed by atoms with Gasteiger partial charge < -0.3 is 20.3 Å². The zero-order valence-corrected chi connectivity index (χ0v) is 23.8. The van der Waals surface area contributed by atoms with Gasteiger partial charge in [0.2, 0.25) is 5.92 Å². The molecule has 3 amide bonds. The maximum atomic E-state index is 13.6. The summed E-state index contributed by atoms with van der Waals surface area (Å²) in [6.45, 7) is -1.75. The number of carbonyl (C=O) groups is 2. The highest BCUT2D eigenvalue weighted by Gasteiger charge is 2.39. The lowest BCUT2D eigenvalue weighted by Crippen LogP contribution is -2.56. The van der Waals surface area contributed by atoms with Crippen LogP contribution in [0.1, 0.15) is 59.5 Å². The number of nitrogens with one attached hydrogen (secondary N) is 2. The summed E-state index contributed by atoms with van der Waals surface area (Å²) in [5.74, 6) is -6.31. The second-order valence-electron chi connectivity index (χ2n) is 10.1. The molecule has 3 aromatic heterocycles. The van der Waals surface area contributed by atoms with Gasteiger partial charge >= 0.3 is 12.2 Å². The van der Waals surface area contributed by atoms with E-state index in [4.69, 9.17) is 0 Å². The lowest BCUT2D eigenvalue weighted by molar-refractivity contribution is -0.128. The van der Waals surface area contributed by atoms with Gasteiger partial charge in [-0.1, -0.05) is 11.6 Å². The number of methoxy groups -OCH3 is 1. The molecule has 4 heterocycles. The monoisotopic (exact) mass is 640 g/mol. The summed E-state index contributed by atoms with van der Waals surface area (Å²) in [5.41, 5.74) is -0.172. The lowest BCUT2D eigenvalue weighted by Gasteiger charge is -2.32. The molecular formula is C25H31F7N8O4. The molecule has 2 N–H and O–H groups in total. The van der Waals surface area contributed by atoms with Crippen LogP contribution in [0.2, 0.25) is 0 Å². The van der Waals surface area contributed by atoms with Crippen LogP contribution in [0.15, 0.2) is 23.1 Å². The van der Waals surface area contributed by atoms with E-state index in [1.807, 2.05) is 0 Å². The second kappa shape index (κ2) is 14.6. The maximum Gasteiger partial charge on any atom is 0.394 e. The Morgan fingerprint density at radius 3 is 2.41 bits per heavy atom. The van der Waals surface area contributed by atoms with E-state index in [0.717, 1.165) is 11.3 Å². The van der Waals surface area contributed by atoms with Gasteiger partial charge in [0.25, 0.3) is 11.8 Å². The van der Waals surface area contributed by atoms with Crippen molar-refractivity contribution < 1.29 is 49.7 Å². The molecule has 1 aliphatic heterocycles. The standard InChI is InChI=1S/C17H15F5N8O3.C6H10F2.C2H6O/c18-16(19)7-24-15(32)29(8-16)5-9-1-12-26-10(6-30(12)25-3-9)4-23-14(31)13-11(27-33-28-13)2-17(20,21)22;7-6(8)4-2-1-3-5-6;1-3-2/h1,3,6H,2,4-5,7-8H2,(H,23,31)(H,24,32);1-5H2;1-2H3. The van der Waals surface area contributed by atoms with Crippen LogP contribution in [0.3, 0.4) is 0 Å². The zero-order chi connectivity index (χ0) is 32.5. The number of halogens is 7. The highest BCUT2D eigenvalue weighted by molar-refractivity contribution is 5.93. The summed E-state index contributed by atoms with van der Waals surface area (Å²) < 4.78 is 99.0. The number of rotatable bonds is 6. The Labute approximate surface area is 246 Å². The third-order valence-electron chi connectivity index (χ3n) is 6.16. The highest BCUT2D eigenvalue weighted by atomic mass is 19.4. The molecular weight excluding hydrogens is 609 g/mol. The fraction of sp³-hybridized carbons (Fsp3) is 0.600. The molecule has 1 aliphatic carbocycles. The fourth-order valence-electron chi connectivity index (χ4n) is 4.22. The van der Waals surface area contributed by atoms with Gasteiger partial charge in [0, 0.05) is 33.6 Å². The number of ether oxygens (including phenoxy) is 1. The molecule has 1 saturated carbocycles. The van der Waals surface area contributed by atoms with Crippen molar-refractivity contribution >= 4 is 17.6 Å². The molecule has 2 fully saturated rings. The number of imidazole rings is 1. The van der Waals surface area contributed by atoms with E-state index in [9.17, 15) is 40.3 Å². The summed E-state index contributed by atoms with van der Waals surface area (Å²) in [7, 11) is 3.25. The first kappa shape index (κ1) is 34.5. The molecule has 0 radical (unpaired) electrons. The summed E-state index contributed by atoms with van der Waals surface area (Å²) in [5, 5.41) is 14.9. The zero-order valence-electron chi connectivity index (χ0n) is 23.8. The number of alkyl halides is 7. The van der Waals surface area contributed by atoms with Gasteiger partial charge in [0.15, 0.2) is 11.3 Å². The summed E-state index contributed by atoms with van der Waals surface area (Å²) in [4.78, 5) is 29.2. The van der Waals surface area contributed by atoms with Crippen LogP contribution in [0, 0.1) is 0 Å². The molecule has 2 aliphatic rings. The van der Waals surface area contributed by atoms with Crippen LogP contribution in [0.5, 0.6) is 0 Å². The topological polar surface area (TPSA) is 140 Å². The molecule has 12 nitrogen and oxygen atoms in total. The Hall–Kier alpha value is -4.03. The van der Waals surface area contributed by atoms with E-state index < -0.39 is 60.9 Å². The first-order valence-electron chi connectivity index (χ1n) is 13.3. The largest absolute Gasteiger partial charge is 0.394 e. The van der Waals surface area contributed by atoms with Crippen LogP contribution < -0.4 is 10.6 Å². The molecule has 0 unspecified atom stereocenters. The smallest absolute Gasteiger partial charge is 0.388 e. The Kier molecular flexibility index (Phi) is 11.5. The van der Waals surface area contributed by atoms with Crippen LogP contribution >= 0.6 is 0 Å². The number of carbonyl (C=O) groups excluding carboxylic acids is 2. The Morgan fingerprint density at radius 1 is 1.11 bits per heavy atom. The number of hydrogen-bond donors (Lipinski definition) is 2. The Bertz CT molecular complexity index is 1390. The number of urea groups is 1. The predicted molar refractivity (Wildman–Crippen MR) is 138 cm³/mol. The van der Waals surface area contributed by atoms with Gasteiger partial charge in [0.05, 0.1) is 44.1 Å².